The molecule has 0 saturated carbocycles. The molecule has 2 N–H and O–H groups in total. The lowest BCUT2D eigenvalue weighted by Crippen LogP contribution is -2.09. The zero-order valence-electron chi connectivity index (χ0n) is 12.7. The van der Waals surface area contributed by atoms with E-state index in [0.29, 0.717) is 24.8 Å². The first kappa shape index (κ1) is 17.2. The molecule has 1 aromatic heterocycles. The highest BCUT2D eigenvalue weighted by Crippen LogP contribution is 2.20. The second-order valence-electron chi connectivity index (χ2n) is 4.67. The number of nitrogens with one attached hydrogen (secondary N) is 2. The molecule has 0 unspecified atom stereocenters. The van der Waals surface area contributed by atoms with E-state index in [1.54, 1.807) is 0 Å². The quantitative estimate of drug-likeness (QED) is 0.370. The molecule has 1 rings (SSSR count). The van der Waals surface area contributed by atoms with Gasteiger partial charge in [-0.3, -0.25) is 10.1 Å². The van der Waals surface area contributed by atoms with E-state index in [1.165, 1.54) is 12.1 Å². The Morgan fingerprint density at radius 2 is 1.81 bits per heavy atom. The summed E-state index contributed by atoms with van der Waals surface area (Å²) in [5.41, 5.74) is 0.0355. The fourth-order valence-corrected chi connectivity index (χ4v) is 1.69. The van der Waals surface area contributed by atoms with Crippen LogP contribution in [0.25, 0.3) is 0 Å². The Morgan fingerprint density at radius 1 is 1.14 bits per heavy atom. The van der Waals surface area contributed by atoms with Crippen molar-refractivity contribution in [3.63, 3.8) is 0 Å². The number of nitrogens with zero attached hydrogens (tertiary/aromatic N) is 2. The predicted molar refractivity (Wildman–Crippen MR) is 83.9 cm³/mol. The normalized spacial score (nSPS) is 10.4. The summed E-state index contributed by atoms with van der Waals surface area (Å²) in [7, 11) is 0. The molecule has 0 saturated heterocycles. The van der Waals surface area contributed by atoms with Crippen molar-refractivity contribution in [2.24, 2.45) is 0 Å². The molecular formula is C14H24N4O3. The fraction of sp³-hybridized carbons (Fsp3) is 0.643. The Balaban J connectivity index is 2.54. The average Bonchev–Trinajstić information content (AvgIpc) is 2.48. The highest BCUT2D eigenvalue weighted by Gasteiger charge is 2.10. The topological polar surface area (TPSA) is 89.3 Å². The maximum Gasteiger partial charge on any atom is 0.276 e. The number of ether oxygens (including phenoxy) is 1. The number of hydrogen-bond donors (Lipinski definition) is 2. The molecule has 7 nitrogen and oxygen atoms in total. The monoisotopic (exact) mass is 296 g/mol. The van der Waals surface area contributed by atoms with Gasteiger partial charge in [-0.2, -0.15) is 0 Å². The second kappa shape index (κ2) is 9.93. The summed E-state index contributed by atoms with van der Waals surface area (Å²) in [5, 5.41) is 17.1. The fourth-order valence-electron chi connectivity index (χ4n) is 1.69. The molecule has 0 spiro atoms. The van der Waals surface area contributed by atoms with Crippen molar-refractivity contribution in [2.75, 3.05) is 36.9 Å². The molecular weight excluding hydrogens is 272 g/mol. The SMILES string of the molecule is CCCNc1cc([N+](=O)[O-])cc(NCCCOCCC)n1. The third kappa shape index (κ3) is 6.89. The van der Waals surface area contributed by atoms with Gasteiger partial charge in [-0.15, -0.1) is 0 Å². The average molecular weight is 296 g/mol. The van der Waals surface area contributed by atoms with Gasteiger partial charge >= 0.3 is 0 Å². The van der Waals surface area contributed by atoms with Crippen LogP contribution >= 0.6 is 0 Å². The van der Waals surface area contributed by atoms with Crippen LogP contribution in [-0.4, -0.2) is 36.2 Å². The van der Waals surface area contributed by atoms with Crippen LogP contribution in [0.15, 0.2) is 12.1 Å². The Morgan fingerprint density at radius 3 is 2.38 bits per heavy atom. The van der Waals surface area contributed by atoms with Gasteiger partial charge in [0.1, 0.15) is 11.6 Å². The standard InChI is InChI=1S/C14H24N4O3/c1-3-6-15-13-10-12(18(19)20)11-14(17-13)16-7-5-9-21-8-4-2/h10-11H,3-9H2,1-2H3,(H2,15,16,17). The highest BCUT2D eigenvalue weighted by atomic mass is 16.6. The minimum atomic E-state index is -0.408. The van der Waals surface area contributed by atoms with Gasteiger partial charge in [0.25, 0.3) is 5.69 Å². The maximum absolute atomic E-state index is 10.9. The molecule has 1 heterocycles. The number of aromatic nitrogens is 1. The van der Waals surface area contributed by atoms with E-state index in [4.69, 9.17) is 4.74 Å². The molecule has 0 fully saturated rings. The van der Waals surface area contributed by atoms with Crippen LogP contribution < -0.4 is 10.6 Å². The molecule has 118 valence electrons. The largest absolute Gasteiger partial charge is 0.381 e. The molecule has 21 heavy (non-hydrogen) atoms. The number of nitro groups is 1. The van der Waals surface area contributed by atoms with Gasteiger partial charge in [0.05, 0.1) is 17.1 Å². The van der Waals surface area contributed by atoms with Crippen molar-refractivity contribution < 1.29 is 9.66 Å². The van der Waals surface area contributed by atoms with Crippen molar-refractivity contribution in [3.8, 4) is 0 Å². The maximum atomic E-state index is 10.9. The van der Waals surface area contributed by atoms with Gasteiger partial charge in [0.15, 0.2) is 0 Å². The van der Waals surface area contributed by atoms with Crippen LogP contribution in [0.2, 0.25) is 0 Å². The molecule has 1 aromatic rings. The van der Waals surface area contributed by atoms with Crippen LogP contribution in [0.1, 0.15) is 33.1 Å². The first-order chi connectivity index (χ1) is 10.2. The number of anilines is 2. The molecule has 0 aliphatic heterocycles. The zero-order valence-corrected chi connectivity index (χ0v) is 12.7. The number of pyridine rings is 1. The van der Waals surface area contributed by atoms with Crippen molar-refractivity contribution >= 4 is 17.3 Å². The predicted octanol–water partition coefficient (Wildman–Crippen LogP) is 3.04. The molecule has 7 heteroatoms. The molecule has 0 radical (unpaired) electrons. The number of hydrogen-bond acceptors (Lipinski definition) is 6. The Labute approximate surface area is 125 Å². The Hall–Kier alpha value is -1.89. The molecule has 0 aliphatic carbocycles. The lowest BCUT2D eigenvalue weighted by Gasteiger charge is -2.09. The van der Waals surface area contributed by atoms with Gasteiger partial charge in [-0.25, -0.2) is 4.98 Å². The lowest BCUT2D eigenvalue weighted by atomic mass is 10.3. The van der Waals surface area contributed by atoms with E-state index in [2.05, 4.69) is 22.5 Å². The van der Waals surface area contributed by atoms with Gasteiger partial charge in [-0.1, -0.05) is 13.8 Å². The van der Waals surface area contributed by atoms with Crippen LogP contribution in [0.5, 0.6) is 0 Å². The van der Waals surface area contributed by atoms with Crippen LogP contribution in [0.3, 0.4) is 0 Å². The third-order valence-corrected chi connectivity index (χ3v) is 2.70. The van der Waals surface area contributed by atoms with E-state index >= 15 is 0 Å². The molecule has 0 atom stereocenters. The molecule has 0 bridgehead atoms. The number of rotatable bonds is 11. The summed E-state index contributed by atoms with van der Waals surface area (Å²) in [4.78, 5) is 14.8. The van der Waals surface area contributed by atoms with Gasteiger partial charge in [0, 0.05) is 26.3 Å². The van der Waals surface area contributed by atoms with Crippen molar-refractivity contribution in [1.82, 2.24) is 4.98 Å². The van der Waals surface area contributed by atoms with E-state index in [9.17, 15) is 10.1 Å². The van der Waals surface area contributed by atoms with Crippen molar-refractivity contribution in [2.45, 2.75) is 33.1 Å². The highest BCUT2D eigenvalue weighted by molar-refractivity contribution is 5.54. The summed E-state index contributed by atoms with van der Waals surface area (Å²) in [6, 6.07) is 2.90. The molecule has 0 aliphatic rings. The van der Waals surface area contributed by atoms with Gasteiger partial charge in [-0.05, 0) is 19.3 Å². The lowest BCUT2D eigenvalue weighted by molar-refractivity contribution is -0.384. The minimum Gasteiger partial charge on any atom is -0.381 e. The van der Waals surface area contributed by atoms with E-state index in [0.717, 1.165) is 32.4 Å². The first-order valence-electron chi connectivity index (χ1n) is 7.39. The zero-order chi connectivity index (χ0) is 15.5. The Kier molecular flexibility index (Phi) is 8.11. The van der Waals surface area contributed by atoms with Crippen molar-refractivity contribution in [3.05, 3.63) is 22.2 Å². The van der Waals surface area contributed by atoms with Gasteiger partial charge in [0.2, 0.25) is 0 Å². The molecule has 0 amide bonds. The summed E-state index contributed by atoms with van der Waals surface area (Å²) in [6.07, 6.45) is 2.77. The first-order valence-corrected chi connectivity index (χ1v) is 7.39. The van der Waals surface area contributed by atoms with Crippen molar-refractivity contribution in [1.29, 1.82) is 0 Å². The van der Waals surface area contributed by atoms with Crippen LogP contribution in [0.4, 0.5) is 17.3 Å². The molecule has 0 aromatic carbocycles. The minimum absolute atomic E-state index is 0.0355. The van der Waals surface area contributed by atoms with Gasteiger partial charge < -0.3 is 15.4 Å². The summed E-state index contributed by atoms with van der Waals surface area (Å²) >= 11 is 0. The summed E-state index contributed by atoms with van der Waals surface area (Å²) < 4.78 is 5.38. The smallest absolute Gasteiger partial charge is 0.276 e. The van der Waals surface area contributed by atoms with Crippen LogP contribution in [-0.2, 0) is 4.74 Å². The van der Waals surface area contributed by atoms with E-state index in [-0.39, 0.29) is 5.69 Å². The van der Waals surface area contributed by atoms with E-state index in [1.807, 2.05) is 6.92 Å². The van der Waals surface area contributed by atoms with E-state index < -0.39 is 4.92 Å². The van der Waals surface area contributed by atoms with Crippen LogP contribution in [0, 0.1) is 10.1 Å². The summed E-state index contributed by atoms with van der Waals surface area (Å²) in [6.45, 7) is 6.94. The second-order valence-corrected chi connectivity index (χ2v) is 4.67. The third-order valence-electron chi connectivity index (χ3n) is 2.70. The Bertz CT molecular complexity index is 440. The summed E-state index contributed by atoms with van der Waals surface area (Å²) in [5.74, 6) is 1.04.